The van der Waals surface area contributed by atoms with Gasteiger partial charge in [0.15, 0.2) is 0 Å². The molecule has 1 heterocycles. The van der Waals surface area contributed by atoms with Crippen LogP contribution in [-0.2, 0) is 11.3 Å². The summed E-state index contributed by atoms with van der Waals surface area (Å²) in [6.07, 6.45) is 1.43. The molecular formula is C12H15N5OS. The van der Waals surface area contributed by atoms with Crippen molar-refractivity contribution >= 4 is 29.3 Å². The Morgan fingerprint density at radius 2 is 2.26 bits per heavy atom. The van der Waals surface area contributed by atoms with Crippen molar-refractivity contribution in [3.8, 4) is 0 Å². The fraction of sp³-hybridized carbons (Fsp3) is 0.250. The summed E-state index contributed by atoms with van der Waals surface area (Å²) in [6, 6.07) is 7.71. The summed E-state index contributed by atoms with van der Waals surface area (Å²) in [4.78, 5) is 16.7. The van der Waals surface area contributed by atoms with Crippen LogP contribution in [0.25, 0.3) is 0 Å². The van der Waals surface area contributed by atoms with Gasteiger partial charge < -0.3 is 11.1 Å². The van der Waals surface area contributed by atoms with Gasteiger partial charge in [-0.1, -0.05) is 19.1 Å². The Morgan fingerprint density at radius 1 is 1.47 bits per heavy atom. The summed E-state index contributed by atoms with van der Waals surface area (Å²) >= 11 is 1.68. The molecule has 1 aromatic heterocycles. The molecule has 100 valence electrons. The summed E-state index contributed by atoms with van der Waals surface area (Å²) in [6.45, 7) is 2.16. The van der Waals surface area contributed by atoms with Crippen LogP contribution in [0.3, 0.4) is 0 Å². The topological polar surface area (TPSA) is 85.8 Å². The molecule has 1 aromatic carbocycles. The van der Waals surface area contributed by atoms with Gasteiger partial charge in [0.1, 0.15) is 12.9 Å². The van der Waals surface area contributed by atoms with E-state index in [0.29, 0.717) is 0 Å². The molecule has 0 fully saturated rings. The molecule has 2 aromatic rings. The van der Waals surface area contributed by atoms with Crippen LogP contribution in [0.1, 0.15) is 6.92 Å². The summed E-state index contributed by atoms with van der Waals surface area (Å²) in [7, 11) is 0. The number of rotatable bonds is 5. The van der Waals surface area contributed by atoms with E-state index in [4.69, 9.17) is 5.73 Å². The Hall–Kier alpha value is -2.02. The molecule has 3 N–H and O–H groups in total. The lowest BCUT2D eigenvalue weighted by atomic mass is 10.3. The number of nitrogens with two attached hydrogens (primary N) is 1. The van der Waals surface area contributed by atoms with Crippen LogP contribution in [0.5, 0.6) is 0 Å². The first-order chi connectivity index (χ1) is 9.19. The lowest BCUT2D eigenvalue weighted by molar-refractivity contribution is -0.116. The molecule has 6 nitrogen and oxygen atoms in total. The van der Waals surface area contributed by atoms with Crippen molar-refractivity contribution in [3.05, 3.63) is 30.6 Å². The van der Waals surface area contributed by atoms with Crippen LogP contribution in [-0.4, -0.2) is 26.4 Å². The first-order valence-corrected chi connectivity index (χ1v) is 6.84. The Morgan fingerprint density at radius 3 is 2.95 bits per heavy atom. The van der Waals surface area contributed by atoms with Gasteiger partial charge in [0.05, 0.1) is 5.69 Å². The molecule has 7 heteroatoms. The number of hydrogen-bond acceptors (Lipinski definition) is 5. The highest BCUT2D eigenvalue weighted by Crippen LogP contribution is 2.26. The van der Waals surface area contributed by atoms with Crippen molar-refractivity contribution in [2.75, 3.05) is 16.8 Å². The minimum atomic E-state index is -0.158. The van der Waals surface area contributed by atoms with Gasteiger partial charge in [0, 0.05) is 4.90 Å². The summed E-state index contributed by atoms with van der Waals surface area (Å²) in [5, 5.41) is 6.73. The molecule has 0 saturated heterocycles. The highest BCUT2D eigenvalue weighted by molar-refractivity contribution is 7.99. The molecule has 0 unspecified atom stereocenters. The largest absolute Gasteiger partial charge is 0.367 e. The first-order valence-electron chi connectivity index (χ1n) is 5.85. The summed E-state index contributed by atoms with van der Waals surface area (Å²) in [5.74, 6) is 0.954. The number of thioether (sulfide) groups is 1. The highest BCUT2D eigenvalue weighted by atomic mass is 32.2. The highest BCUT2D eigenvalue weighted by Gasteiger charge is 2.08. The van der Waals surface area contributed by atoms with Gasteiger partial charge in [0.25, 0.3) is 0 Å². The molecule has 0 radical (unpaired) electrons. The lowest BCUT2D eigenvalue weighted by Gasteiger charge is -2.09. The lowest BCUT2D eigenvalue weighted by Crippen LogP contribution is -2.19. The number of carbonyl (C=O) groups excluding carboxylic acids is 1. The molecule has 1 amide bonds. The van der Waals surface area contributed by atoms with Gasteiger partial charge in [-0.15, -0.1) is 16.9 Å². The smallest absolute Gasteiger partial charge is 0.246 e. The minimum Gasteiger partial charge on any atom is -0.367 e. The number of anilines is 2. The van der Waals surface area contributed by atoms with Gasteiger partial charge in [-0.2, -0.15) is 0 Å². The number of aromatic nitrogens is 3. The van der Waals surface area contributed by atoms with Crippen molar-refractivity contribution in [3.63, 3.8) is 0 Å². The maximum absolute atomic E-state index is 11.9. The molecule has 2 rings (SSSR count). The van der Waals surface area contributed by atoms with Crippen LogP contribution in [0.4, 0.5) is 11.6 Å². The Kier molecular flexibility index (Phi) is 4.40. The maximum Gasteiger partial charge on any atom is 0.246 e. The molecule has 0 aliphatic heterocycles. The zero-order valence-corrected chi connectivity index (χ0v) is 11.4. The van der Waals surface area contributed by atoms with Crippen molar-refractivity contribution < 1.29 is 4.79 Å². The quantitative estimate of drug-likeness (QED) is 0.811. The first kappa shape index (κ1) is 13.4. The van der Waals surface area contributed by atoms with E-state index in [0.717, 1.165) is 16.3 Å². The fourth-order valence-corrected chi connectivity index (χ4v) is 2.33. The molecule has 0 aliphatic carbocycles. The Balaban J connectivity index is 2.02. The third-order valence-corrected chi connectivity index (χ3v) is 3.28. The van der Waals surface area contributed by atoms with E-state index in [2.05, 4.69) is 22.3 Å². The van der Waals surface area contributed by atoms with Crippen LogP contribution in [0, 0.1) is 0 Å². The van der Waals surface area contributed by atoms with Crippen LogP contribution in [0.2, 0.25) is 0 Å². The van der Waals surface area contributed by atoms with Crippen molar-refractivity contribution in [2.45, 2.75) is 18.4 Å². The van der Waals surface area contributed by atoms with E-state index in [-0.39, 0.29) is 18.4 Å². The van der Waals surface area contributed by atoms with Gasteiger partial charge in [-0.3, -0.25) is 4.79 Å². The van der Waals surface area contributed by atoms with E-state index in [9.17, 15) is 4.79 Å². The summed E-state index contributed by atoms with van der Waals surface area (Å²) < 4.78 is 1.40. The number of nitrogens with one attached hydrogen (secondary N) is 1. The number of nitrogens with zero attached hydrogens (tertiary/aromatic N) is 3. The van der Waals surface area contributed by atoms with Gasteiger partial charge in [0.2, 0.25) is 11.9 Å². The van der Waals surface area contributed by atoms with E-state index >= 15 is 0 Å². The fourth-order valence-electron chi connectivity index (χ4n) is 1.57. The second kappa shape index (κ2) is 6.24. The maximum atomic E-state index is 11.9. The molecule has 0 aliphatic rings. The SMILES string of the molecule is CCSc1ccccc1NC(=O)Cn1cnc(N)n1. The number of benzene rings is 1. The van der Waals surface area contributed by atoms with Crippen LogP contribution in [0.15, 0.2) is 35.5 Å². The van der Waals surface area contributed by atoms with Gasteiger partial charge in [-0.05, 0) is 17.9 Å². The van der Waals surface area contributed by atoms with Crippen molar-refractivity contribution in [1.82, 2.24) is 14.8 Å². The van der Waals surface area contributed by atoms with E-state index in [1.165, 1.54) is 11.0 Å². The predicted molar refractivity (Wildman–Crippen MR) is 75.9 cm³/mol. The Bertz CT molecular complexity index is 569. The minimum absolute atomic E-state index is 0.0926. The molecule has 0 bridgehead atoms. The number of para-hydroxylation sites is 1. The molecule has 0 saturated carbocycles. The monoisotopic (exact) mass is 277 g/mol. The number of amides is 1. The van der Waals surface area contributed by atoms with E-state index < -0.39 is 0 Å². The van der Waals surface area contributed by atoms with Crippen molar-refractivity contribution in [1.29, 1.82) is 0 Å². The molecule has 0 atom stereocenters. The average Bonchev–Trinajstić information content (AvgIpc) is 2.77. The molecular weight excluding hydrogens is 262 g/mol. The zero-order chi connectivity index (χ0) is 13.7. The zero-order valence-electron chi connectivity index (χ0n) is 10.5. The normalized spacial score (nSPS) is 10.4. The van der Waals surface area contributed by atoms with Crippen LogP contribution < -0.4 is 11.1 Å². The number of carbonyl (C=O) groups is 1. The Labute approximate surface area is 115 Å². The molecule has 19 heavy (non-hydrogen) atoms. The third-order valence-electron chi connectivity index (χ3n) is 2.32. The van der Waals surface area contributed by atoms with Crippen LogP contribution >= 0.6 is 11.8 Å². The van der Waals surface area contributed by atoms with Crippen molar-refractivity contribution in [2.24, 2.45) is 0 Å². The summed E-state index contributed by atoms with van der Waals surface area (Å²) in [5.41, 5.74) is 6.20. The van der Waals surface area contributed by atoms with Gasteiger partial charge >= 0.3 is 0 Å². The second-order valence-electron chi connectivity index (χ2n) is 3.78. The molecule has 0 spiro atoms. The number of hydrogen-bond donors (Lipinski definition) is 2. The second-order valence-corrected chi connectivity index (χ2v) is 5.08. The predicted octanol–water partition coefficient (Wildman–Crippen LogP) is 1.61. The standard InChI is InChI=1S/C12H15N5OS/c1-2-19-10-6-4-3-5-9(10)15-11(18)7-17-8-14-12(13)16-17/h3-6,8H,2,7H2,1H3,(H2,13,16)(H,15,18). The van der Waals surface area contributed by atoms with E-state index in [1.54, 1.807) is 11.8 Å². The average molecular weight is 277 g/mol. The van der Waals surface area contributed by atoms with Gasteiger partial charge in [-0.25, -0.2) is 9.67 Å². The number of nitrogen functional groups attached to an aromatic ring is 1. The third kappa shape index (κ3) is 3.72. The van der Waals surface area contributed by atoms with E-state index in [1.807, 2.05) is 24.3 Å².